The largest absolute Gasteiger partial charge is 0.337 e. The zero-order valence-corrected chi connectivity index (χ0v) is 10.4. The van der Waals surface area contributed by atoms with E-state index in [1.165, 1.54) is 12.1 Å². The van der Waals surface area contributed by atoms with Gasteiger partial charge in [-0.2, -0.15) is 16.7 Å². The summed E-state index contributed by atoms with van der Waals surface area (Å²) in [6.45, 7) is 0.948. The minimum Gasteiger partial charge on any atom is -0.337 e. The Morgan fingerprint density at radius 1 is 1.33 bits per heavy atom. The Morgan fingerprint density at radius 2 is 2.17 bits per heavy atom. The van der Waals surface area contributed by atoms with Crippen LogP contribution in [0.1, 0.15) is 11.9 Å². The maximum absolute atomic E-state index is 12.8. The van der Waals surface area contributed by atoms with Gasteiger partial charge in [-0.3, -0.25) is 0 Å². The summed E-state index contributed by atoms with van der Waals surface area (Å²) < 4.78 is 18.1. The molecule has 2 aromatic rings. The molecule has 1 N–H and O–H groups in total. The topological polar surface area (TPSA) is 51.0 Å². The highest BCUT2D eigenvalue weighted by Crippen LogP contribution is 2.23. The lowest BCUT2D eigenvalue weighted by atomic mass is 10.2. The van der Waals surface area contributed by atoms with E-state index in [9.17, 15) is 4.39 Å². The van der Waals surface area contributed by atoms with E-state index in [1.807, 2.05) is 11.8 Å². The van der Waals surface area contributed by atoms with Crippen LogP contribution in [0.25, 0.3) is 11.4 Å². The number of nitrogens with one attached hydrogen (secondary N) is 1. The second kappa shape index (κ2) is 5.07. The Kier molecular flexibility index (Phi) is 3.29. The Balaban J connectivity index is 1.82. The Bertz CT molecular complexity index is 522. The van der Waals surface area contributed by atoms with Gasteiger partial charge in [0, 0.05) is 23.6 Å². The van der Waals surface area contributed by atoms with Crippen molar-refractivity contribution in [3.05, 3.63) is 36.0 Å². The molecule has 3 rings (SSSR count). The van der Waals surface area contributed by atoms with Crippen molar-refractivity contribution >= 4 is 11.8 Å². The third kappa shape index (κ3) is 2.39. The molecule has 0 radical (unpaired) electrons. The van der Waals surface area contributed by atoms with E-state index >= 15 is 0 Å². The van der Waals surface area contributed by atoms with Gasteiger partial charge in [-0.05, 0) is 24.3 Å². The van der Waals surface area contributed by atoms with E-state index in [0.717, 1.165) is 23.6 Å². The van der Waals surface area contributed by atoms with Gasteiger partial charge in [0.15, 0.2) is 0 Å². The number of benzene rings is 1. The fourth-order valence-electron chi connectivity index (χ4n) is 1.82. The van der Waals surface area contributed by atoms with Crippen molar-refractivity contribution in [2.45, 2.75) is 6.04 Å². The van der Waals surface area contributed by atoms with E-state index in [0.29, 0.717) is 11.7 Å². The minimum atomic E-state index is -0.271. The first kappa shape index (κ1) is 11.7. The van der Waals surface area contributed by atoms with Gasteiger partial charge in [-0.25, -0.2) is 4.39 Å². The summed E-state index contributed by atoms with van der Waals surface area (Å²) in [5.74, 6) is 2.87. The number of rotatable bonds is 2. The summed E-state index contributed by atoms with van der Waals surface area (Å²) >= 11 is 1.87. The van der Waals surface area contributed by atoms with Crippen molar-refractivity contribution in [3.8, 4) is 11.4 Å². The van der Waals surface area contributed by atoms with Crippen LogP contribution in [-0.2, 0) is 0 Å². The highest BCUT2D eigenvalue weighted by Gasteiger charge is 2.21. The van der Waals surface area contributed by atoms with Gasteiger partial charge in [0.25, 0.3) is 0 Å². The number of hydrogen-bond donors (Lipinski definition) is 1. The van der Waals surface area contributed by atoms with Crippen LogP contribution < -0.4 is 5.32 Å². The standard InChI is InChI=1S/C12H12FN3OS/c13-9-3-1-8(2-4-9)11-15-12(17-16-11)10-7-18-6-5-14-10/h1-4,10,14H,5-7H2. The van der Waals surface area contributed by atoms with Crippen molar-refractivity contribution in [2.75, 3.05) is 18.1 Å². The zero-order valence-electron chi connectivity index (χ0n) is 9.60. The molecular formula is C12H12FN3OS. The van der Waals surface area contributed by atoms with E-state index < -0.39 is 0 Å². The van der Waals surface area contributed by atoms with E-state index in [1.54, 1.807) is 12.1 Å². The Hall–Kier alpha value is -1.40. The zero-order chi connectivity index (χ0) is 12.4. The maximum Gasteiger partial charge on any atom is 0.244 e. The summed E-state index contributed by atoms with van der Waals surface area (Å²) in [6.07, 6.45) is 0. The van der Waals surface area contributed by atoms with Gasteiger partial charge in [0.2, 0.25) is 11.7 Å². The molecule has 1 unspecified atom stereocenters. The van der Waals surface area contributed by atoms with Crippen LogP contribution in [0.4, 0.5) is 4.39 Å². The molecule has 18 heavy (non-hydrogen) atoms. The Labute approximate surface area is 108 Å². The molecule has 94 valence electrons. The summed E-state index contributed by atoms with van der Waals surface area (Å²) in [5, 5.41) is 7.27. The summed E-state index contributed by atoms with van der Waals surface area (Å²) in [4.78, 5) is 4.36. The summed E-state index contributed by atoms with van der Waals surface area (Å²) in [7, 11) is 0. The van der Waals surface area contributed by atoms with Crippen molar-refractivity contribution in [1.82, 2.24) is 15.5 Å². The summed E-state index contributed by atoms with van der Waals surface area (Å²) in [5.41, 5.74) is 0.759. The second-order valence-corrected chi connectivity index (χ2v) is 5.19. The first-order valence-electron chi connectivity index (χ1n) is 5.73. The van der Waals surface area contributed by atoms with Crippen molar-refractivity contribution in [3.63, 3.8) is 0 Å². The van der Waals surface area contributed by atoms with Gasteiger partial charge in [0.05, 0.1) is 6.04 Å². The molecule has 1 aromatic carbocycles. The van der Waals surface area contributed by atoms with Crippen LogP contribution in [0.2, 0.25) is 0 Å². The van der Waals surface area contributed by atoms with Crippen molar-refractivity contribution in [1.29, 1.82) is 0 Å². The molecule has 1 aliphatic heterocycles. The van der Waals surface area contributed by atoms with E-state index in [2.05, 4.69) is 15.5 Å². The average molecular weight is 265 g/mol. The highest BCUT2D eigenvalue weighted by molar-refractivity contribution is 7.99. The van der Waals surface area contributed by atoms with Gasteiger partial charge in [0.1, 0.15) is 5.82 Å². The first-order valence-corrected chi connectivity index (χ1v) is 6.89. The molecule has 1 aliphatic rings. The number of aromatic nitrogens is 2. The van der Waals surface area contributed by atoms with Crippen LogP contribution in [0.3, 0.4) is 0 Å². The van der Waals surface area contributed by atoms with Crippen molar-refractivity contribution < 1.29 is 8.91 Å². The monoisotopic (exact) mass is 265 g/mol. The van der Waals surface area contributed by atoms with Crippen LogP contribution in [0, 0.1) is 5.82 Å². The predicted octanol–water partition coefficient (Wildman–Crippen LogP) is 2.25. The molecule has 1 fully saturated rings. The lowest BCUT2D eigenvalue weighted by molar-refractivity contribution is 0.342. The smallest absolute Gasteiger partial charge is 0.244 e. The molecule has 0 spiro atoms. The number of thioether (sulfide) groups is 1. The molecule has 6 heteroatoms. The third-order valence-corrected chi connectivity index (χ3v) is 3.83. The van der Waals surface area contributed by atoms with Crippen LogP contribution in [-0.4, -0.2) is 28.2 Å². The number of hydrogen-bond acceptors (Lipinski definition) is 5. The molecule has 0 saturated carbocycles. The molecule has 0 bridgehead atoms. The first-order chi connectivity index (χ1) is 8.83. The SMILES string of the molecule is Fc1ccc(-c2noc(C3CSCCN3)n2)cc1. The second-order valence-electron chi connectivity index (χ2n) is 4.04. The highest BCUT2D eigenvalue weighted by atomic mass is 32.2. The lowest BCUT2D eigenvalue weighted by Gasteiger charge is -2.19. The predicted molar refractivity (Wildman–Crippen MR) is 67.8 cm³/mol. The molecule has 1 atom stereocenters. The van der Waals surface area contributed by atoms with Gasteiger partial charge < -0.3 is 9.84 Å². The maximum atomic E-state index is 12.8. The summed E-state index contributed by atoms with van der Waals surface area (Å²) in [6, 6.07) is 6.19. The van der Waals surface area contributed by atoms with Gasteiger partial charge >= 0.3 is 0 Å². The molecule has 0 aliphatic carbocycles. The van der Waals surface area contributed by atoms with E-state index in [4.69, 9.17) is 4.52 Å². The molecule has 4 nitrogen and oxygen atoms in total. The molecule has 1 aromatic heterocycles. The minimum absolute atomic E-state index is 0.116. The van der Waals surface area contributed by atoms with Crippen LogP contribution in [0.5, 0.6) is 0 Å². The van der Waals surface area contributed by atoms with Gasteiger partial charge in [-0.15, -0.1) is 0 Å². The quantitative estimate of drug-likeness (QED) is 0.902. The molecule has 1 saturated heterocycles. The number of halogens is 1. The lowest BCUT2D eigenvalue weighted by Crippen LogP contribution is -2.30. The van der Waals surface area contributed by atoms with Crippen LogP contribution >= 0.6 is 11.8 Å². The molecule has 2 heterocycles. The van der Waals surface area contributed by atoms with Crippen LogP contribution in [0.15, 0.2) is 28.8 Å². The Morgan fingerprint density at radius 3 is 2.89 bits per heavy atom. The molecular weight excluding hydrogens is 253 g/mol. The normalized spacial score (nSPS) is 19.9. The van der Waals surface area contributed by atoms with E-state index in [-0.39, 0.29) is 11.9 Å². The fourth-order valence-corrected chi connectivity index (χ4v) is 2.74. The number of nitrogens with zero attached hydrogens (tertiary/aromatic N) is 2. The average Bonchev–Trinajstić information content (AvgIpc) is 2.90. The fraction of sp³-hybridized carbons (Fsp3) is 0.333. The molecule has 0 amide bonds. The third-order valence-electron chi connectivity index (χ3n) is 2.76. The van der Waals surface area contributed by atoms with Gasteiger partial charge in [-0.1, -0.05) is 5.16 Å². The van der Waals surface area contributed by atoms with Crippen molar-refractivity contribution in [2.24, 2.45) is 0 Å².